The number of esters is 1. The summed E-state index contributed by atoms with van der Waals surface area (Å²) in [5.74, 6) is -0.983. The molecule has 0 saturated heterocycles. The number of hydrogen-bond acceptors (Lipinski definition) is 8. The molecule has 270 valence electrons. The molecule has 4 aromatic rings. The van der Waals surface area contributed by atoms with E-state index in [0.717, 1.165) is 15.9 Å². The quantitative estimate of drug-likeness (QED) is 0.106. The smallest absolute Gasteiger partial charge is 0.303 e. The molecule has 4 aromatic carbocycles. The van der Waals surface area contributed by atoms with Crippen LogP contribution in [0.3, 0.4) is 0 Å². The Labute approximate surface area is 302 Å². The predicted molar refractivity (Wildman–Crippen MR) is 202 cm³/mol. The number of nitrogens with one attached hydrogen (secondary N) is 1. The Balaban J connectivity index is 1.98. The molecule has 2 atom stereocenters. The van der Waals surface area contributed by atoms with Crippen molar-refractivity contribution in [2.45, 2.75) is 52.0 Å². The van der Waals surface area contributed by atoms with E-state index in [-0.39, 0.29) is 29.8 Å². The van der Waals surface area contributed by atoms with E-state index in [1.54, 1.807) is 26.4 Å². The number of carbonyl (C=O) groups is 3. The molecule has 10 heteroatoms. The minimum atomic E-state index is -3.10. The van der Waals surface area contributed by atoms with Crippen molar-refractivity contribution in [3.63, 3.8) is 0 Å². The van der Waals surface area contributed by atoms with E-state index in [0.29, 0.717) is 28.5 Å². The van der Waals surface area contributed by atoms with E-state index in [4.69, 9.17) is 23.4 Å². The molecule has 0 bridgehead atoms. The second-order valence-corrected chi connectivity index (χ2v) is 17.7. The standard InChI is InChI=1S/C41H49NO8Si/c1-28(43)42-37-21-15-20-34(40(37)48-8)36(35(38(45)27-49-29(2)44)24-30-22-23-31(46-6)25-39(30)47-7)26-50-51(41(3,4)5,32-16-11-9-12-17-32)33-18-13-10-14-19-33/h9-23,25,35-36H,24,26-27H2,1-8H3,(H,42,43)/t35?,36-/m0/s1. The summed E-state index contributed by atoms with van der Waals surface area (Å²) in [4.78, 5) is 38.7. The maximum Gasteiger partial charge on any atom is 0.303 e. The van der Waals surface area contributed by atoms with Crippen LogP contribution >= 0.6 is 0 Å². The molecule has 9 nitrogen and oxygen atoms in total. The number of ether oxygens (including phenoxy) is 4. The highest BCUT2D eigenvalue weighted by Crippen LogP contribution is 2.43. The maximum absolute atomic E-state index is 14.4. The van der Waals surface area contributed by atoms with Gasteiger partial charge >= 0.3 is 5.97 Å². The van der Waals surface area contributed by atoms with Crippen LogP contribution in [0.1, 0.15) is 51.7 Å². The lowest BCUT2D eigenvalue weighted by Gasteiger charge is -2.44. The Hall–Kier alpha value is -4.93. The molecule has 51 heavy (non-hydrogen) atoms. The zero-order valence-corrected chi connectivity index (χ0v) is 31.8. The highest BCUT2D eigenvalue weighted by molar-refractivity contribution is 6.99. The van der Waals surface area contributed by atoms with E-state index in [1.165, 1.54) is 21.0 Å². The molecule has 0 aliphatic heterocycles. The Morgan fingerprint density at radius 2 is 1.39 bits per heavy atom. The van der Waals surface area contributed by atoms with E-state index in [2.05, 4.69) is 50.4 Å². The number of hydrogen-bond donors (Lipinski definition) is 1. The monoisotopic (exact) mass is 711 g/mol. The van der Waals surface area contributed by atoms with Gasteiger partial charge in [-0.25, -0.2) is 0 Å². The first kappa shape index (κ1) is 38.9. The molecular formula is C41H49NO8Si. The Kier molecular flexibility index (Phi) is 13.2. The number of amides is 1. The molecule has 0 heterocycles. The van der Waals surface area contributed by atoms with Crippen LogP contribution in [-0.4, -0.2) is 60.5 Å². The number of benzene rings is 4. The van der Waals surface area contributed by atoms with Gasteiger partial charge in [0.15, 0.2) is 5.78 Å². The summed E-state index contributed by atoms with van der Waals surface area (Å²) in [5.41, 5.74) is 1.88. The van der Waals surface area contributed by atoms with Gasteiger partial charge in [-0.05, 0) is 39.5 Å². The van der Waals surface area contributed by atoms with Crippen LogP contribution in [0.25, 0.3) is 0 Å². The van der Waals surface area contributed by atoms with Crippen molar-refractivity contribution in [1.82, 2.24) is 0 Å². The number of ketones is 1. The molecule has 0 fully saturated rings. The molecular weight excluding hydrogens is 663 g/mol. The van der Waals surface area contributed by atoms with Crippen LogP contribution < -0.4 is 29.9 Å². The van der Waals surface area contributed by atoms with Crippen LogP contribution in [0, 0.1) is 5.92 Å². The van der Waals surface area contributed by atoms with Crippen molar-refractivity contribution in [2.24, 2.45) is 5.92 Å². The summed E-state index contributed by atoms with van der Waals surface area (Å²) in [6.07, 6.45) is 0.218. The van der Waals surface area contributed by atoms with Crippen molar-refractivity contribution in [3.8, 4) is 17.2 Å². The zero-order valence-electron chi connectivity index (χ0n) is 30.8. The van der Waals surface area contributed by atoms with Gasteiger partial charge < -0.3 is 28.7 Å². The van der Waals surface area contributed by atoms with Crippen molar-refractivity contribution in [1.29, 1.82) is 0 Å². The van der Waals surface area contributed by atoms with E-state index in [1.807, 2.05) is 60.7 Å². The van der Waals surface area contributed by atoms with Gasteiger partial charge in [0.05, 0.1) is 27.0 Å². The highest BCUT2D eigenvalue weighted by Gasteiger charge is 2.51. The second kappa shape index (κ2) is 17.3. The Morgan fingerprint density at radius 1 is 0.765 bits per heavy atom. The molecule has 0 spiro atoms. The van der Waals surface area contributed by atoms with E-state index >= 15 is 0 Å². The fraction of sp³-hybridized carbons (Fsp3) is 0.341. The fourth-order valence-corrected chi connectivity index (χ4v) is 11.4. The van der Waals surface area contributed by atoms with Gasteiger partial charge in [0.1, 0.15) is 23.9 Å². The third-order valence-corrected chi connectivity index (χ3v) is 14.1. The summed E-state index contributed by atoms with van der Waals surface area (Å²) in [6.45, 7) is 8.95. The first-order valence-electron chi connectivity index (χ1n) is 16.9. The van der Waals surface area contributed by atoms with Gasteiger partial charge in [0.2, 0.25) is 5.91 Å². The minimum absolute atomic E-state index is 0.0993. The lowest BCUT2D eigenvalue weighted by molar-refractivity contribution is -0.147. The number of rotatable bonds is 16. The Morgan fingerprint density at radius 3 is 1.90 bits per heavy atom. The van der Waals surface area contributed by atoms with Gasteiger partial charge in [-0.1, -0.05) is 99.6 Å². The van der Waals surface area contributed by atoms with Gasteiger partial charge in [-0.2, -0.15) is 0 Å². The summed E-state index contributed by atoms with van der Waals surface area (Å²) >= 11 is 0. The maximum atomic E-state index is 14.4. The summed E-state index contributed by atoms with van der Waals surface area (Å²) in [6, 6.07) is 31.4. The Bertz CT molecular complexity index is 1750. The lowest BCUT2D eigenvalue weighted by atomic mass is 9.79. The lowest BCUT2D eigenvalue weighted by Crippen LogP contribution is -2.67. The molecule has 0 aromatic heterocycles. The molecule has 0 aliphatic rings. The van der Waals surface area contributed by atoms with Crippen molar-refractivity contribution in [2.75, 3.05) is 39.9 Å². The number of carbonyl (C=O) groups excluding carboxylic acids is 3. The predicted octanol–water partition coefficient (Wildman–Crippen LogP) is 6.32. The molecule has 1 amide bonds. The SMILES string of the molecule is COc1ccc(CC(C(=O)COC(C)=O)[C@@H](CO[Si](c2ccccc2)(c2ccccc2)C(C)(C)C)c2cccc(NC(C)=O)c2OC)c(OC)c1. The third kappa shape index (κ3) is 9.06. The molecule has 1 N–H and O–H groups in total. The topological polar surface area (TPSA) is 109 Å². The number of Topliss-reactive ketones (excluding diaryl/α,β-unsaturated/α-hetero) is 1. The van der Waals surface area contributed by atoms with Crippen molar-refractivity contribution < 1.29 is 37.8 Å². The molecule has 0 radical (unpaired) electrons. The molecule has 0 aliphatic carbocycles. The third-order valence-electron chi connectivity index (χ3n) is 9.11. The zero-order chi connectivity index (χ0) is 37.2. The first-order chi connectivity index (χ1) is 24.4. The molecule has 0 saturated carbocycles. The normalized spacial score (nSPS) is 12.7. The first-order valence-corrected chi connectivity index (χ1v) is 18.8. The van der Waals surface area contributed by atoms with Crippen LogP contribution in [0.15, 0.2) is 97.1 Å². The van der Waals surface area contributed by atoms with Crippen LogP contribution in [0.2, 0.25) is 5.04 Å². The summed E-state index contributed by atoms with van der Waals surface area (Å²) in [7, 11) is 1.58. The minimum Gasteiger partial charge on any atom is -0.497 e. The van der Waals surface area contributed by atoms with Gasteiger partial charge in [-0.15, -0.1) is 0 Å². The number of methoxy groups -OCH3 is 3. The van der Waals surface area contributed by atoms with Crippen LogP contribution in [-0.2, 0) is 30.0 Å². The largest absolute Gasteiger partial charge is 0.497 e. The summed E-state index contributed by atoms with van der Waals surface area (Å²) < 4.78 is 30.0. The van der Waals surface area contributed by atoms with Gasteiger partial charge in [-0.3, -0.25) is 14.4 Å². The van der Waals surface area contributed by atoms with E-state index < -0.39 is 32.7 Å². The fourth-order valence-electron chi connectivity index (χ4n) is 6.78. The molecule has 4 rings (SSSR count). The van der Waals surface area contributed by atoms with Gasteiger partial charge in [0, 0.05) is 43.9 Å². The van der Waals surface area contributed by atoms with Gasteiger partial charge in [0.25, 0.3) is 8.32 Å². The number of para-hydroxylation sites is 1. The van der Waals surface area contributed by atoms with Crippen LogP contribution in [0.4, 0.5) is 5.69 Å². The second-order valence-electron chi connectivity index (χ2n) is 13.4. The number of anilines is 1. The van der Waals surface area contributed by atoms with Crippen molar-refractivity contribution >= 4 is 42.0 Å². The summed E-state index contributed by atoms with van der Waals surface area (Å²) in [5, 5.41) is 4.69. The molecule has 1 unspecified atom stereocenters. The average Bonchev–Trinajstić information content (AvgIpc) is 3.11. The highest BCUT2D eigenvalue weighted by atomic mass is 28.4. The average molecular weight is 712 g/mol. The van der Waals surface area contributed by atoms with Crippen LogP contribution in [0.5, 0.6) is 17.2 Å². The van der Waals surface area contributed by atoms with Crippen molar-refractivity contribution in [3.05, 3.63) is 108 Å². The van der Waals surface area contributed by atoms with E-state index in [9.17, 15) is 14.4 Å².